The fourth-order valence-corrected chi connectivity index (χ4v) is 5.49. The average molecular weight is 416 g/mol. The normalized spacial score (nSPS) is 25.9. The van der Waals surface area contributed by atoms with Gasteiger partial charge >= 0.3 is 5.97 Å². The van der Waals surface area contributed by atoms with Crippen molar-refractivity contribution in [3.05, 3.63) is 39.8 Å². The Bertz CT molecular complexity index is 1080. The lowest BCUT2D eigenvalue weighted by molar-refractivity contribution is -0.142. The first kappa shape index (κ1) is 17.6. The van der Waals surface area contributed by atoms with E-state index in [4.69, 9.17) is 11.6 Å². The van der Waals surface area contributed by atoms with Crippen LogP contribution in [0, 0.1) is 11.8 Å². The maximum Gasteiger partial charge on any atom is 0.306 e. The van der Waals surface area contributed by atoms with Crippen molar-refractivity contribution in [2.75, 3.05) is 5.32 Å². The van der Waals surface area contributed by atoms with Crippen LogP contribution in [-0.2, 0) is 17.6 Å². The Morgan fingerprint density at radius 2 is 2.29 bits per heavy atom. The lowest BCUT2D eigenvalue weighted by Crippen LogP contribution is -2.29. The number of fused-ring (bicyclic) bond motifs is 4. The molecule has 0 fully saturated rings. The molecule has 2 unspecified atom stereocenters. The maximum atomic E-state index is 11.4. The summed E-state index contributed by atoms with van der Waals surface area (Å²) in [5, 5.41) is 20.5. The number of halogens is 1. The minimum absolute atomic E-state index is 0.134. The first-order valence-electron chi connectivity index (χ1n) is 9.18. The molecule has 1 aliphatic carbocycles. The molecule has 3 atom stereocenters. The van der Waals surface area contributed by atoms with Gasteiger partial charge in [0.15, 0.2) is 0 Å². The van der Waals surface area contributed by atoms with Crippen LogP contribution in [0.25, 0.3) is 10.2 Å². The molecule has 0 aromatic carbocycles. The third-order valence-electron chi connectivity index (χ3n) is 5.57. The SMILES string of the molecule is CC1C=NN2C=C(Cl)C(Nc3ncnc4sc5c(c34)CC[C@H](C(=O)O)C5)=CC12. The van der Waals surface area contributed by atoms with Crippen molar-refractivity contribution in [3.8, 4) is 0 Å². The number of hydrazone groups is 1. The summed E-state index contributed by atoms with van der Waals surface area (Å²) in [6.07, 6.45) is 9.27. The van der Waals surface area contributed by atoms with Crippen LogP contribution in [0.4, 0.5) is 5.82 Å². The van der Waals surface area contributed by atoms with E-state index in [0.29, 0.717) is 29.6 Å². The molecule has 144 valence electrons. The van der Waals surface area contributed by atoms with Crippen LogP contribution < -0.4 is 5.32 Å². The van der Waals surface area contributed by atoms with Crippen molar-refractivity contribution in [2.24, 2.45) is 16.9 Å². The number of aromatic nitrogens is 2. The number of rotatable bonds is 3. The van der Waals surface area contributed by atoms with E-state index in [0.717, 1.165) is 32.8 Å². The standard InChI is InChI=1S/C19H18ClN5O2S/c1-9-6-23-25-7-12(20)13(5-14(9)25)24-17-16-11-3-2-10(19(26)27)4-15(11)28-18(16)22-8-21-17/h5-10,14H,2-4H2,1H3,(H,26,27)(H,21,22,24)/t9?,10-,14?/m0/s1. The van der Waals surface area contributed by atoms with E-state index in [1.807, 2.05) is 17.4 Å². The molecule has 2 aromatic rings. The minimum atomic E-state index is -0.728. The van der Waals surface area contributed by atoms with Crippen molar-refractivity contribution in [3.63, 3.8) is 0 Å². The van der Waals surface area contributed by atoms with E-state index in [9.17, 15) is 9.90 Å². The Balaban J connectivity index is 1.51. The van der Waals surface area contributed by atoms with E-state index in [2.05, 4.69) is 33.4 Å². The number of aliphatic carboxylic acids is 1. The highest BCUT2D eigenvalue weighted by molar-refractivity contribution is 7.19. The number of thiophene rings is 1. The van der Waals surface area contributed by atoms with Crippen LogP contribution in [0.5, 0.6) is 0 Å². The molecule has 28 heavy (non-hydrogen) atoms. The molecule has 3 aliphatic rings. The summed E-state index contributed by atoms with van der Waals surface area (Å²) in [6.45, 7) is 2.12. The van der Waals surface area contributed by atoms with Gasteiger partial charge in [-0.1, -0.05) is 18.5 Å². The van der Waals surface area contributed by atoms with Crippen LogP contribution in [0.15, 0.2) is 34.4 Å². The molecule has 2 aliphatic heterocycles. The predicted molar refractivity (Wildman–Crippen MR) is 109 cm³/mol. The molecule has 7 nitrogen and oxygen atoms in total. The van der Waals surface area contributed by atoms with E-state index in [-0.39, 0.29) is 12.0 Å². The Hall–Kier alpha value is -2.45. The Kier molecular flexibility index (Phi) is 4.13. The van der Waals surface area contributed by atoms with Crippen molar-refractivity contribution in [1.82, 2.24) is 15.0 Å². The number of aryl methyl sites for hydroxylation is 1. The van der Waals surface area contributed by atoms with Gasteiger partial charge < -0.3 is 10.4 Å². The summed E-state index contributed by atoms with van der Waals surface area (Å²) in [5.41, 5.74) is 1.97. The lowest BCUT2D eigenvalue weighted by Gasteiger charge is -2.26. The Morgan fingerprint density at radius 1 is 1.43 bits per heavy atom. The monoisotopic (exact) mass is 415 g/mol. The molecule has 2 N–H and O–H groups in total. The van der Waals surface area contributed by atoms with Crippen molar-refractivity contribution < 1.29 is 9.90 Å². The first-order valence-corrected chi connectivity index (χ1v) is 10.4. The van der Waals surface area contributed by atoms with E-state index in [1.165, 1.54) is 6.33 Å². The molecule has 0 spiro atoms. The zero-order chi connectivity index (χ0) is 19.4. The fourth-order valence-electron chi connectivity index (χ4n) is 4.02. The molecule has 0 bridgehead atoms. The third-order valence-corrected chi connectivity index (χ3v) is 7.03. The van der Waals surface area contributed by atoms with Gasteiger partial charge in [-0.05, 0) is 30.9 Å². The highest BCUT2D eigenvalue weighted by atomic mass is 35.5. The second-order valence-electron chi connectivity index (χ2n) is 7.36. The number of allylic oxidation sites excluding steroid dienone is 1. The van der Waals surface area contributed by atoms with Gasteiger partial charge in [0.1, 0.15) is 17.0 Å². The third kappa shape index (κ3) is 2.79. The molecule has 9 heteroatoms. The topological polar surface area (TPSA) is 90.7 Å². The summed E-state index contributed by atoms with van der Waals surface area (Å²) < 4.78 is 0. The zero-order valence-corrected chi connectivity index (χ0v) is 16.7. The van der Waals surface area contributed by atoms with Crippen molar-refractivity contribution in [2.45, 2.75) is 32.2 Å². The van der Waals surface area contributed by atoms with Gasteiger partial charge in [0.25, 0.3) is 0 Å². The van der Waals surface area contributed by atoms with Crippen molar-refractivity contribution >= 4 is 51.2 Å². The highest BCUT2D eigenvalue weighted by Crippen LogP contribution is 2.41. The predicted octanol–water partition coefficient (Wildman–Crippen LogP) is 3.58. The molecule has 0 amide bonds. The number of nitrogens with zero attached hydrogens (tertiary/aromatic N) is 4. The first-order chi connectivity index (χ1) is 13.5. The number of nitrogens with one attached hydrogen (secondary N) is 1. The molecule has 0 saturated heterocycles. The number of carbonyl (C=O) groups is 1. The summed E-state index contributed by atoms with van der Waals surface area (Å²) in [7, 11) is 0. The van der Waals surface area contributed by atoms with E-state index >= 15 is 0 Å². The summed E-state index contributed by atoms with van der Waals surface area (Å²) >= 11 is 8.04. The molecular formula is C19H18ClN5O2S. The minimum Gasteiger partial charge on any atom is -0.481 e. The van der Waals surface area contributed by atoms with Crippen LogP contribution >= 0.6 is 22.9 Å². The van der Waals surface area contributed by atoms with Gasteiger partial charge in [-0.25, -0.2) is 9.97 Å². The highest BCUT2D eigenvalue weighted by Gasteiger charge is 2.31. The van der Waals surface area contributed by atoms with E-state index in [1.54, 1.807) is 11.3 Å². The lowest BCUT2D eigenvalue weighted by atomic mass is 9.88. The molecule has 2 aromatic heterocycles. The number of carboxylic acids is 1. The van der Waals surface area contributed by atoms with Crippen LogP contribution in [0.3, 0.4) is 0 Å². The molecule has 4 heterocycles. The summed E-state index contributed by atoms with van der Waals surface area (Å²) in [6, 6.07) is 0.134. The average Bonchev–Trinajstić information content (AvgIpc) is 3.22. The smallest absolute Gasteiger partial charge is 0.306 e. The summed E-state index contributed by atoms with van der Waals surface area (Å²) in [5.74, 6) is -0.0355. The largest absolute Gasteiger partial charge is 0.481 e. The molecule has 5 rings (SSSR count). The molecule has 0 radical (unpaired) electrons. The van der Waals surface area contributed by atoms with Gasteiger partial charge in [0.2, 0.25) is 0 Å². The van der Waals surface area contributed by atoms with Crippen LogP contribution in [0.1, 0.15) is 23.8 Å². The van der Waals surface area contributed by atoms with Gasteiger partial charge in [-0.2, -0.15) is 5.10 Å². The number of carboxylic acid groups (broad SMARTS) is 1. The van der Waals surface area contributed by atoms with Crippen LogP contribution in [0.2, 0.25) is 0 Å². The fraction of sp³-hybridized carbons (Fsp3) is 0.368. The van der Waals surface area contributed by atoms with Gasteiger partial charge in [-0.3, -0.25) is 9.80 Å². The number of anilines is 1. The number of hydrogen-bond acceptors (Lipinski definition) is 7. The molecular weight excluding hydrogens is 398 g/mol. The summed E-state index contributed by atoms with van der Waals surface area (Å²) in [4.78, 5) is 22.3. The van der Waals surface area contributed by atoms with Crippen molar-refractivity contribution in [1.29, 1.82) is 0 Å². The second kappa shape index (κ2) is 6.56. The Morgan fingerprint density at radius 3 is 3.11 bits per heavy atom. The van der Waals surface area contributed by atoms with Gasteiger partial charge in [0, 0.05) is 23.2 Å². The maximum absolute atomic E-state index is 11.4. The quantitative estimate of drug-likeness (QED) is 0.796. The van der Waals surface area contributed by atoms with E-state index < -0.39 is 5.97 Å². The van der Waals surface area contributed by atoms with Gasteiger partial charge in [0.05, 0.1) is 28.1 Å². The zero-order valence-electron chi connectivity index (χ0n) is 15.1. The Labute approximate surface area is 170 Å². The second-order valence-corrected chi connectivity index (χ2v) is 8.85. The molecule has 0 saturated carbocycles. The van der Waals surface area contributed by atoms with Gasteiger partial charge in [-0.15, -0.1) is 11.3 Å². The van der Waals surface area contributed by atoms with Crippen LogP contribution in [-0.4, -0.2) is 38.3 Å². The number of hydrogen-bond donors (Lipinski definition) is 2.